The number of nitrogens with zero attached hydrogens (tertiary/aromatic N) is 1. The van der Waals surface area contributed by atoms with Gasteiger partial charge in [0.1, 0.15) is 5.75 Å². The van der Waals surface area contributed by atoms with Crippen LogP contribution in [0.5, 0.6) is 5.75 Å². The number of phenols is 1. The van der Waals surface area contributed by atoms with E-state index in [1.165, 1.54) is 17.7 Å². The number of rotatable bonds is 13. The topological polar surface area (TPSA) is 35.5 Å². The van der Waals surface area contributed by atoms with E-state index in [-0.39, 0.29) is 16.2 Å². The molecule has 0 aliphatic rings. The van der Waals surface area contributed by atoms with Gasteiger partial charge in [0.25, 0.3) is 0 Å². The van der Waals surface area contributed by atoms with E-state index in [1.54, 1.807) is 0 Å². The van der Waals surface area contributed by atoms with E-state index < -0.39 is 0 Å². The lowest BCUT2D eigenvalue weighted by atomic mass is 9.79. The molecule has 2 N–H and O–H groups in total. The van der Waals surface area contributed by atoms with Crippen LogP contribution in [0.3, 0.4) is 0 Å². The van der Waals surface area contributed by atoms with Crippen LogP contribution in [-0.2, 0) is 10.8 Å². The molecule has 0 spiro atoms. The van der Waals surface area contributed by atoms with Crippen molar-refractivity contribution in [3.8, 4) is 5.75 Å². The Morgan fingerprint density at radius 2 is 1.44 bits per heavy atom. The van der Waals surface area contributed by atoms with E-state index in [1.807, 2.05) is 36.9 Å². The first-order valence-electron chi connectivity index (χ1n) is 15.6. The molecule has 4 heteroatoms. The van der Waals surface area contributed by atoms with Gasteiger partial charge in [-0.3, -0.25) is 0 Å². The molecule has 43 heavy (non-hydrogen) atoms. The summed E-state index contributed by atoms with van der Waals surface area (Å²) in [4.78, 5) is 3.55. The summed E-state index contributed by atoms with van der Waals surface area (Å²) in [5, 5.41) is 15.0. The molecule has 0 aromatic heterocycles. The highest BCUT2D eigenvalue weighted by molar-refractivity contribution is 8.00. The third kappa shape index (κ3) is 9.83. The number of nitrogens with one attached hydrogen (secondary N) is 1. The van der Waals surface area contributed by atoms with E-state index in [0.29, 0.717) is 5.75 Å². The Bertz CT molecular complexity index is 1340. The van der Waals surface area contributed by atoms with Crippen LogP contribution in [-0.4, -0.2) is 10.5 Å². The molecule has 3 aromatic rings. The second-order valence-corrected chi connectivity index (χ2v) is 14.5. The van der Waals surface area contributed by atoms with Gasteiger partial charge in [-0.1, -0.05) is 117 Å². The summed E-state index contributed by atoms with van der Waals surface area (Å²) in [5.41, 5.74) is 5.73. The van der Waals surface area contributed by atoms with Gasteiger partial charge in [-0.05, 0) is 72.7 Å². The molecule has 0 heterocycles. The zero-order valence-corrected chi connectivity index (χ0v) is 28.4. The first kappa shape index (κ1) is 34.1. The molecule has 0 saturated carbocycles. The van der Waals surface area contributed by atoms with Gasteiger partial charge < -0.3 is 15.3 Å². The average molecular weight is 597 g/mol. The molecule has 3 aromatic carbocycles. The maximum Gasteiger partial charge on any atom is 0.123 e. The highest BCUT2D eigenvalue weighted by Crippen LogP contribution is 2.44. The molecular formula is C39H52N2OS. The van der Waals surface area contributed by atoms with Crippen molar-refractivity contribution < 1.29 is 5.11 Å². The van der Waals surface area contributed by atoms with Crippen molar-refractivity contribution in [2.24, 2.45) is 0 Å². The molecule has 1 unspecified atom stereocenters. The predicted molar refractivity (Wildman–Crippen MR) is 190 cm³/mol. The number of para-hydroxylation sites is 2. The molecule has 0 saturated heterocycles. The van der Waals surface area contributed by atoms with Crippen LogP contribution in [0, 0.1) is 0 Å². The summed E-state index contributed by atoms with van der Waals surface area (Å²) >= 11 is 1.87. The van der Waals surface area contributed by atoms with E-state index in [2.05, 4.69) is 138 Å². The monoisotopic (exact) mass is 596 g/mol. The van der Waals surface area contributed by atoms with Crippen LogP contribution in [0.1, 0.15) is 92.2 Å². The third-order valence-corrected chi connectivity index (χ3v) is 8.71. The van der Waals surface area contributed by atoms with E-state index in [0.717, 1.165) is 46.7 Å². The van der Waals surface area contributed by atoms with Gasteiger partial charge in [-0.15, -0.1) is 11.8 Å². The molecule has 0 amide bonds. The first-order valence-corrected chi connectivity index (χ1v) is 16.5. The molecule has 0 fully saturated rings. The summed E-state index contributed by atoms with van der Waals surface area (Å²) in [6.07, 6.45) is 10.8. The molecule has 230 valence electrons. The number of allylic oxidation sites excluding steroid dienone is 3. The number of unbranched alkanes of at least 4 members (excludes halogenated alkanes) is 2. The maximum atomic E-state index is 11.4. The van der Waals surface area contributed by atoms with Gasteiger partial charge in [-0.25, -0.2) is 0 Å². The molecule has 0 radical (unpaired) electrons. The number of hydrogen-bond acceptors (Lipinski definition) is 4. The van der Waals surface area contributed by atoms with Gasteiger partial charge >= 0.3 is 0 Å². The quantitative estimate of drug-likeness (QED) is 0.0890. The summed E-state index contributed by atoms with van der Waals surface area (Å²) in [5.74, 6) is 0.420. The fraction of sp³-hybridized carbons (Fsp3) is 0.385. The average Bonchev–Trinajstić information content (AvgIpc) is 2.96. The minimum Gasteiger partial charge on any atom is -0.507 e. The van der Waals surface area contributed by atoms with E-state index >= 15 is 0 Å². The van der Waals surface area contributed by atoms with Crippen molar-refractivity contribution in [3.05, 3.63) is 120 Å². The second-order valence-electron chi connectivity index (χ2n) is 13.2. The number of aromatic hydroxyl groups is 1. The highest BCUT2D eigenvalue weighted by atomic mass is 32.2. The minimum absolute atomic E-state index is 0.118. The number of benzene rings is 3. The summed E-state index contributed by atoms with van der Waals surface area (Å²) in [6.45, 7) is 21.9. The Kier molecular flexibility index (Phi) is 12.2. The molecule has 0 bridgehead atoms. The number of thioether (sulfide) groups is 1. The standard InChI is InChI=1S/C39H52N2OS/c1-10-12-15-24-36(43-33-27-34(38(4,5)6)37(42)35(28-33)39(7,8)9)41(32-22-18-14-19-23-32)29(3)25-26-30(11-2)40-31-20-16-13-17-21-31/h11,13-14,16-23,25-28,36,40,42H,3,10,12,15,24H2,1-2,4-9H3/b26-25-,30-11+. The van der Waals surface area contributed by atoms with Gasteiger partial charge in [-0.2, -0.15) is 0 Å². The van der Waals surface area contributed by atoms with Crippen molar-refractivity contribution >= 4 is 23.1 Å². The zero-order valence-electron chi connectivity index (χ0n) is 27.6. The maximum absolute atomic E-state index is 11.4. The molecular weight excluding hydrogens is 545 g/mol. The second kappa shape index (κ2) is 15.4. The van der Waals surface area contributed by atoms with Crippen molar-refractivity contribution in [1.29, 1.82) is 0 Å². The normalized spacial score (nSPS) is 13.3. The van der Waals surface area contributed by atoms with Crippen LogP contribution in [0.2, 0.25) is 0 Å². The number of anilines is 2. The Morgan fingerprint density at radius 1 is 0.884 bits per heavy atom. The Labute approximate surface area is 265 Å². The van der Waals surface area contributed by atoms with Crippen molar-refractivity contribution in [2.75, 3.05) is 10.2 Å². The summed E-state index contributed by atoms with van der Waals surface area (Å²) in [6, 6.07) is 25.2. The summed E-state index contributed by atoms with van der Waals surface area (Å²) < 4.78 is 0. The van der Waals surface area contributed by atoms with Crippen LogP contribution in [0.25, 0.3) is 0 Å². The van der Waals surface area contributed by atoms with Gasteiger partial charge in [0, 0.05) is 38.8 Å². The highest BCUT2D eigenvalue weighted by Gasteiger charge is 2.29. The lowest BCUT2D eigenvalue weighted by Crippen LogP contribution is -2.31. The SMILES string of the molecule is C=C(/C=C\C(=C/C)Nc1ccccc1)N(c1ccccc1)C(CCCCC)Sc1cc(C(C)(C)C)c(O)c(C(C)(C)C)c1. The van der Waals surface area contributed by atoms with Gasteiger partial charge in [0.2, 0.25) is 0 Å². The Balaban J connectivity index is 2.05. The van der Waals surface area contributed by atoms with Crippen molar-refractivity contribution in [3.63, 3.8) is 0 Å². The van der Waals surface area contributed by atoms with Crippen LogP contribution in [0.15, 0.2) is 114 Å². The van der Waals surface area contributed by atoms with Crippen LogP contribution < -0.4 is 10.2 Å². The predicted octanol–water partition coefficient (Wildman–Crippen LogP) is 11.6. The Hall–Kier alpha value is -3.37. The third-order valence-electron chi connectivity index (χ3n) is 7.49. The van der Waals surface area contributed by atoms with Crippen molar-refractivity contribution in [1.82, 2.24) is 0 Å². The lowest BCUT2D eigenvalue weighted by Gasteiger charge is -2.35. The largest absolute Gasteiger partial charge is 0.507 e. The summed E-state index contributed by atoms with van der Waals surface area (Å²) in [7, 11) is 0. The lowest BCUT2D eigenvalue weighted by molar-refractivity contribution is 0.422. The zero-order chi connectivity index (χ0) is 31.6. The van der Waals surface area contributed by atoms with E-state index in [9.17, 15) is 5.11 Å². The molecule has 0 aliphatic carbocycles. The fourth-order valence-electron chi connectivity index (χ4n) is 5.06. The molecule has 3 rings (SSSR count). The smallest absolute Gasteiger partial charge is 0.123 e. The number of phenolic OH excluding ortho intramolecular Hbond substituents is 1. The van der Waals surface area contributed by atoms with Crippen LogP contribution >= 0.6 is 11.8 Å². The van der Waals surface area contributed by atoms with Crippen molar-refractivity contribution in [2.45, 2.75) is 102 Å². The van der Waals surface area contributed by atoms with E-state index in [4.69, 9.17) is 0 Å². The first-order chi connectivity index (χ1) is 20.3. The van der Waals surface area contributed by atoms with Crippen LogP contribution in [0.4, 0.5) is 11.4 Å². The Morgan fingerprint density at radius 3 is 1.95 bits per heavy atom. The molecule has 0 aliphatic heterocycles. The molecule has 1 atom stereocenters. The fourth-order valence-corrected chi connectivity index (χ4v) is 6.39. The minimum atomic E-state index is -0.182. The number of hydrogen-bond donors (Lipinski definition) is 2. The van der Waals surface area contributed by atoms with Gasteiger partial charge in [0.05, 0.1) is 5.37 Å². The molecule has 3 nitrogen and oxygen atoms in total. The van der Waals surface area contributed by atoms with Gasteiger partial charge in [0.15, 0.2) is 0 Å².